The molecule has 1 aromatic rings. The van der Waals surface area contributed by atoms with Gasteiger partial charge in [-0.25, -0.2) is 4.79 Å². The molecule has 0 aromatic heterocycles. The van der Waals surface area contributed by atoms with Crippen molar-refractivity contribution in [2.24, 2.45) is 0 Å². The Hall–Kier alpha value is -1.88. The van der Waals surface area contributed by atoms with Gasteiger partial charge in [-0.2, -0.15) is 0 Å². The smallest absolute Gasteiger partial charge is 0.397 e. The molecule has 5 heteroatoms. The van der Waals surface area contributed by atoms with E-state index in [9.17, 15) is 9.59 Å². The number of rotatable bonds is 2. The van der Waals surface area contributed by atoms with E-state index in [0.717, 1.165) is 18.7 Å². The van der Waals surface area contributed by atoms with Gasteiger partial charge in [0, 0.05) is 26.2 Å². The van der Waals surface area contributed by atoms with Crippen LogP contribution in [0.4, 0.5) is 0 Å². The van der Waals surface area contributed by atoms with Gasteiger partial charge in [-0.05, 0) is 5.56 Å². The molecular formula is C13H16N2O3. The number of nitrogens with one attached hydrogen (secondary N) is 1. The molecule has 1 saturated heterocycles. The third kappa shape index (κ3) is 3.30. The number of carbonyl (C=O) groups is 2. The van der Waals surface area contributed by atoms with Gasteiger partial charge in [0.1, 0.15) is 6.61 Å². The Morgan fingerprint density at radius 3 is 2.50 bits per heavy atom. The van der Waals surface area contributed by atoms with Crippen molar-refractivity contribution < 1.29 is 14.3 Å². The zero-order chi connectivity index (χ0) is 12.8. The van der Waals surface area contributed by atoms with Gasteiger partial charge in [0.15, 0.2) is 0 Å². The number of amides is 1. The zero-order valence-corrected chi connectivity index (χ0v) is 10.1. The fourth-order valence-corrected chi connectivity index (χ4v) is 1.78. The summed E-state index contributed by atoms with van der Waals surface area (Å²) >= 11 is 0. The van der Waals surface area contributed by atoms with Gasteiger partial charge in [0.2, 0.25) is 0 Å². The van der Waals surface area contributed by atoms with E-state index in [0.29, 0.717) is 13.1 Å². The zero-order valence-electron chi connectivity index (χ0n) is 10.1. The molecule has 0 unspecified atom stereocenters. The molecule has 0 bridgehead atoms. The lowest BCUT2D eigenvalue weighted by molar-refractivity contribution is -0.161. The average molecular weight is 248 g/mol. The minimum absolute atomic E-state index is 0.136. The highest BCUT2D eigenvalue weighted by molar-refractivity contribution is 6.32. The van der Waals surface area contributed by atoms with Crippen LogP contribution in [0.15, 0.2) is 30.3 Å². The number of ether oxygens (including phenoxy) is 1. The molecule has 0 spiro atoms. The van der Waals surface area contributed by atoms with E-state index in [2.05, 4.69) is 5.32 Å². The highest BCUT2D eigenvalue weighted by Gasteiger charge is 2.24. The van der Waals surface area contributed by atoms with Crippen LogP contribution in [0.1, 0.15) is 5.56 Å². The number of nitrogens with zero attached hydrogens (tertiary/aromatic N) is 1. The van der Waals surface area contributed by atoms with E-state index in [4.69, 9.17) is 4.74 Å². The van der Waals surface area contributed by atoms with Crippen LogP contribution in [0.25, 0.3) is 0 Å². The molecule has 1 heterocycles. The molecule has 5 nitrogen and oxygen atoms in total. The molecule has 1 aliphatic rings. The normalized spacial score (nSPS) is 15.2. The third-order valence-electron chi connectivity index (χ3n) is 2.79. The van der Waals surface area contributed by atoms with E-state index >= 15 is 0 Å². The minimum atomic E-state index is -0.777. The van der Waals surface area contributed by atoms with Gasteiger partial charge in [-0.15, -0.1) is 0 Å². The summed E-state index contributed by atoms with van der Waals surface area (Å²) in [6.07, 6.45) is 0. The van der Waals surface area contributed by atoms with Crippen LogP contribution < -0.4 is 5.32 Å². The lowest BCUT2D eigenvalue weighted by Crippen LogP contribution is -2.49. The van der Waals surface area contributed by atoms with Crippen molar-refractivity contribution in [1.29, 1.82) is 0 Å². The van der Waals surface area contributed by atoms with Crippen LogP contribution in [0, 0.1) is 0 Å². The summed E-state index contributed by atoms with van der Waals surface area (Å²) in [5, 5.41) is 3.12. The lowest BCUT2D eigenvalue weighted by atomic mass is 10.2. The second kappa shape index (κ2) is 6.16. The Morgan fingerprint density at radius 1 is 1.17 bits per heavy atom. The van der Waals surface area contributed by atoms with Crippen molar-refractivity contribution in [3.63, 3.8) is 0 Å². The summed E-state index contributed by atoms with van der Waals surface area (Å²) in [5.74, 6) is -1.33. The third-order valence-corrected chi connectivity index (χ3v) is 2.79. The average Bonchev–Trinajstić information content (AvgIpc) is 2.46. The van der Waals surface area contributed by atoms with Gasteiger partial charge in [-0.3, -0.25) is 4.79 Å². The molecule has 18 heavy (non-hydrogen) atoms. The summed E-state index contributed by atoms with van der Waals surface area (Å²) in [4.78, 5) is 24.8. The van der Waals surface area contributed by atoms with Crippen molar-refractivity contribution in [1.82, 2.24) is 10.2 Å². The van der Waals surface area contributed by atoms with E-state index in [-0.39, 0.29) is 6.61 Å². The Labute approximate surface area is 106 Å². The highest BCUT2D eigenvalue weighted by atomic mass is 16.5. The van der Waals surface area contributed by atoms with Gasteiger partial charge in [-0.1, -0.05) is 30.3 Å². The van der Waals surface area contributed by atoms with Crippen LogP contribution in [-0.2, 0) is 20.9 Å². The van der Waals surface area contributed by atoms with Gasteiger partial charge in [0.25, 0.3) is 0 Å². The van der Waals surface area contributed by atoms with E-state index in [1.54, 1.807) is 0 Å². The predicted molar refractivity (Wildman–Crippen MR) is 65.7 cm³/mol. The summed E-state index contributed by atoms with van der Waals surface area (Å²) in [7, 11) is 0. The Bertz CT molecular complexity index is 414. The number of hydrogen-bond donors (Lipinski definition) is 1. The Kier molecular flexibility index (Phi) is 4.30. The highest BCUT2D eigenvalue weighted by Crippen LogP contribution is 2.02. The number of piperazine rings is 1. The largest absolute Gasteiger partial charge is 0.454 e. The SMILES string of the molecule is O=C(OCc1ccccc1)C(=O)N1CCNCC1. The van der Waals surface area contributed by atoms with E-state index in [1.807, 2.05) is 30.3 Å². The summed E-state index contributed by atoms with van der Waals surface area (Å²) in [6, 6.07) is 9.31. The molecule has 1 aromatic carbocycles. The first-order valence-electron chi connectivity index (χ1n) is 5.98. The van der Waals surface area contributed by atoms with Gasteiger partial charge < -0.3 is 15.0 Å². The molecule has 0 atom stereocenters. The summed E-state index contributed by atoms with van der Waals surface area (Å²) in [5.41, 5.74) is 0.874. The van der Waals surface area contributed by atoms with Crippen molar-refractivity contribution in [2.75, 3.05) is 26.2 Å². The predicted octanol–water partition coefficient (Wildman–Crippen LogP) is 0.162. The lowest BCUT2D eigenvalue weighted by Gasteiger charge is -2.26. The number of hydrogen-bond acceptors (Lipinski definition) is 4. The Morgan fingerprint density at radius 2 is 1.83 bits per heavy atom. The topological polar surface area (TPSA) is 58.6 Å². The van der Waals surface area contributed by atoms with Crippen LogP contribution in [0.2, 0.25) is 0 Å². The van der Waals surface area contributed by atoms with Crippen LogP contribution in [0.3, 0.4) is 0 Å². The summed E-state index contributed by atoms with van der Waals surface area (Å²) in [6.45, 7) is 2.69. The van der Waals surface area contributed by atoms with E-state index in [1.165, 1.54) is 4.90 Å². The van der Waals surface area contributed by atoms with Crippen molar-refractivity contribution >= 4 is 11.9 Å². The molecular weight excluding hydrogens is 232 g/mol. The molecule has 1 fully saturated rings. The Balaban J connectivity index is 1.82. The van der Waals surface area contributed by atoms with Gasteiger partial charge in [0.05, 0.1) is 0 Å². The minimum Gasteiger partial charge on any atom is -0.454 e. The monoisotopic (exact) mass is 248 g/mol. The summed E-state index contributed by atoms with van der Waals surface area (Å²) < 4.78 is 4.99. The second-order valence-electron chi connectivity index (χ2n) is 4.10. The molecule has 1 N–H and O–H groups in total. The van der Waals surface area contributed by atoms with Crippen molar-refractivity contribution in [2.45, 2.75) is 6.61 Å². The fraction of sp³-hybridized carbons (Fsp3) is 0.385. The van der Waals surface area contributed by atoms with Crippen molar-refractivity contribution in [3.05, 3.63) is 35.9 Å². The molecule has 1 aliphatic heterocycles. The first-order chi connectivity index (χ1) is 8.77. The maximum Gasteiger partial charge on any atom is 0.397 e. The van der Waals surface area contributed by atoms with Crippen LogP contribution >= 0.6 is 0 Å². The number of carbonyl (C=O) groups excluding carboxylic acids is 2. The van der Waals surface area contributed by atoms with Crippen molar-refractivity contribution in [3.8, 4) is 0 Å². The molecule has 0 radical (unpaired) electrons. The first kappa shape index (κ1) is 12.6. The first-order valence-corrected chi connectivity index (χ1v) is 5.98. The second-order valence-corrected chi connectivity index (χ2v) is 4.10. The quantitative estimate of drug-likeness (QED) is 0.598. The van der Waals surface area contributed by atoms with Crippen LogP contribution in [0.5, 0.6) is 0 Å². The fourth-order valence-electron chi connectivity index (χ4n) is 1.78. The molecule has 96 valence electrons. The number of benzene rings is 1. The standard InChI is InChI=1S/C13H16N2O3/c16-12(15-8-6-14-7-9-15)13(17)18-10-11-4-2-1-3-5-11/h1-5,14H,6-10H2. The maximum atomic E-state index is 11.7. The van der Waals surface area contributed by atoms with Crippen LogP contribution in [-0.4, -0.2) is 43.0 Å². The molecule has 0 saturated carbocycles. The molecule has 1 amide bonds. The van der Waals surface area contributed by atoms with E-state index < -0.39 is 11.9 Å². The number of esters is 1. The van der Waals surface area contributed by atoms with Gasteiger partial charge >= 0.3 is 11.9 Å². The molecule has 0 aliphatic carbocycles. The maximum absolute atomic E-state index is 11.7. The molecule has 2 rings (SSSR count).